The summed E-state index contributed by atoms with van der Waals surface area (Å²) in [6.07, 6.45) is 2.37. The lowest BCUT2D eigenvalue weighted by Gasteiger charge is -2.24. The molecule has 1 aliphatic heterocycles. The fraction of sp³-hybridized carbons (Fsp3) is 0.556. The standard InChI is InChI=1S/C9H11BrO2S/c1-6-9(11,3-5-13-6)8-7(10)2-4-12-8/h2,4,6,11H,3,5H2,1H3. The Morgan fingerprint density at radius 1 is 1.77 bits per heavy atom. The van der Waals surface area contributed by atoms with E-state index in [1.165, 1.54) is 0 Å². The third-order valence-corrected chi connectivity index (χ3v) is 4.49. The van der Waals surface area contributed by atoms with Crippen molar-refractivity contribution >= 4 is 27.7 Å². The topological polar surface area (TPSA) is 33.4 Å². The first kappa shape index (κ1) is 9.62. The number of furan rings is 1. The Labute approximate surface area is 89.8 Å². The maximum Gasteiger partial charge on any atom is 0.150 e. The zero-order chi connectivity index (χ0) is 9.47. The van der Waals surface area contributed by atoms with Crippen LogP contribution in [0, 0.1) is 0 Å². The number of rotatable bonds is 1. The van der Waals surface area contributed by atoms with Crippen molar-refractivity contribution < 1.29 is 9.52 Å². The molecule has 0 radical (unpaired) electrons. The van der Waals surface area contributed by atoms with Crippen molar-refractivity contribution in [1.82, 2.24) is 0 Å². The minimum absolute atomic E-state index is 0.204. The van der Waals surface area contributed by atoms with E-state index in [2.05, 4.69) is 15.9 Å². The number of aliphatic hydroxyl groups is 1. The van der Waals surface area contributed by atoms with Gasteiger partial charge < -0.3 is 9.52 Å². The molecule has 72 valence electrons. The van der Waals surface area contributed by atoms with Crippen LogP contribution in [0.4, 0.5) is 0 Å². The molecule has 0 amide bonds. The van der Waals surface area contributed by atoms with Gasteiger partial charge in [-0.15, -0.1) is 0 Å². The van der Waals surface area contributed by atoms with Gasteiger partial charge in [0.05, 0.1) is 10.7 Å². The van der Waals surface area contributed by atoms with E-state index < -0.39 is 5.60 Å². The Morgan fingerprint density at radius 3 is 3.00 bits per heavy atom. The van der Waals surface area contributed by atoms with Gasteiger partial charge in [-0.2, -0.15) is 11.8 Å². The zero-order valence-electron chi connectivity index (χ0n) is 7.29. The van der Waals surface area contributed by atoms with Gasteiger partial charge in [0.1, 0.15) is 5.60 Å². The van der Waals surface area contributed by atoms with Gasteiger partial charge in [0, 0.05) is 5.25 Å². The Morgan fingerprint density at radius 2 is 2.54 bits per heavy atom. The normalized spacial score (nSPS) is 33.9. The maximum atomic E-state index is 10.4. The molecule has 0 aliphatic carbocycles. The highest BCUT2D eigenvalue weighted by Crippen LogP contribution is 2.45. The van der Waals surface area contributed by atoms with Gasteiger partial charge in [-0.05, 0) is 34.2 Å². The second-order valence-corrected chi connectivity index (χ2v) is 5.59. The van der Waals surface area contributed by atoms with Gasteiger partial charge in [-0.25, -0.2) is 0 Å². The fourth-order valence-electron chi connectivity index (χ4n) is 1.63. The molecule has 1 aromatic heterocycles. The molecule has 13 heavy (non-hydrogen) atoms. The molecule has 2 nitrogen and oxygen atoms in total. The van der Waals surface area contributed by atoms with Crippen LogP contribution in [-0.2, 0) is 5.60 Å². The molecule has 1 N–H and O–H groups in total. The minimum Gasteiger partial charge on any atom is -0.465 e. The van der Waals surface area contributed by atoms with Crippen molar-refractivity contribution in [1.29, 1.82) is 0 Å². The molecule has 0 aromatic carbocycles. The van der Waals surface area contributed by atoms with Crippen molar-refractivity contribution in [2.24, 2.45) is 0 Å². The molecule has 1 fully saturated rings. The maximum absolute atomic E-state index is 10.4. The molecule has 4 heteroatoms. The monoisotopic (exact) mass is 262 g/mol. The largest absolute Gasteiger partial charge is 0.465 e. The van der Waals surface area contributed by atoms with E-state index in [1.54, 1.807) is 18.0 Å². The van der Waals surface area contributed by atoms with Gasteiger partial charge in [-0.1, -0.05) is 6.92 Å². The van der Waals surface area contributed by atoms with Crippen LogP contribution >= 0.6 is 27.7 Å². The minimum atomic E-state index is -0.785. The van der Waals surface area contributed by atoms with E-state index in [-0.39, 0.29) is 5.25 Å². The first-order chi connectivity index (χ1) is 6.14. The van der Waals surface area contributed by atoms with Crippen LogP contribution in [0.2, 0.25) is 0 Å². The fourth-order valence-corrected chi connectivity index (χ4v) is 3.46. The molecular weight excluding hydrogens is 252 g/mol. The Kier molecular flexibility index (Phi) is 2.47. The molecule has 1 saturated heterocycles. The average molecular weight is 263 g/mol. The third kappa shape index (κ3) is 1.45. The molecule has 2 heterocycles. The summed E-state index contributed by atoms with van der Waals surface area (Å²) in [6, 6.07) is 1.82. The second-order valence-electron chi connectivity index (χ2n) is 3.28. The molecular formula is C9H11BrO2S. The molecule has 0 bridgehead atoms. The van der Waals surface area contributed by atoms with Crippen LogP contribution in [0.25, 0.3) is 0 Å². The molecule has 1 aromatic rings. The molecule has 0 saturated carbocycles. The quantitative estimate of drug-likeness (QED) is 0.845. The van der Waals surface area contributed by atoms with Crippen LogP contribution in [-0.4, -0.2) is 16.1 Å². The Hall–Kier alpha value is 0.0700. The van der Waals surface area contributed by atoms with Crippen LogP contribution in [0.5, 0.6) is 0 Å². The van der Waals surface area contributed by atoms with Crippen LogP contribution in [0.15, 0.2) is 21.2 Å². The lowest BCUT2D eigenvalue weighted by Crippen LogP contribution is -2.31. The highest BCUT2D eigenvalue weighted by atomic mass is 79.9. The van der Waals surface area contributed by atoms with Crippen molar-refractivity contribution in [3.8, 4) is 0 Å². The summed E-state index contributed by atoms with van der Waals surface area (Å²) < 4.78 is 6.18. The summed E-state index contributed by atoms with van der Waals surface area (Å²) in [5.41, 5.74) is -0.785. The van der Waals surface area contributed by atoms with Crippen LogP contribution in [0.3, 0.4) is 0 Å². The average Bonchev–Trinajstić information content (AvgIpc) is 2.62. The SMILES string of the molecule is CC1SCCC1(O)c1occc1Br. The number of hydrogen-bond acceptors (Lipinski definition) is 3. The van der Waals surface area contributed by atoms with E-state index >= 15 is 0 Å². The van der Waals surface area contributed by atoms with Gasteiger partial charge in [0.2, 0.25) is 0 Å². The lowest BCUT2D eigenvalue weighted by molar-refractivity contribution is 0.0196. The highest BCUT2D eigenvalue weighted by Gasteiger charge is 2.44. The van der Waals surface area contributed by atoms with Gasteiger partial charge >= 0.3 is 0 Å². The molecule has 0 spiro atoms. The highest BCUT2D eigenvalue weighted by molar-refractivity contribution is 9.10. The summed E-state index contributed by atoms with van der Waals surface area (Å²) in [5.74, 6) is 1.66. The predicted molar refractivity (Wildman–Crippen MR) is 56.8 cm³/mol. The lowest BCUT2D eigenvalue weighted by atomic mass is 9.94. The summed E-state index contributed by atoms with van der Waals surface area (Å²) in [7, 11) is 0. The van der Waals surface area contributed by atoms with Crippen molar-refractivity contribution in [2.75, 3.05) is 5.75 Å². The smallest absolute Gasteiger partial charge is 0.150 e. The van der Waals surface area contributed by atoms with Crippen LogP contribution in [0.1, 0.15) is 19.1 Å². The van der Waals surface area contributed by atoms with E-state index in [0.717, 1.165) is 16.6 Å². The first-order valence-corrected chi connectivity index (χ1v) is 6.06. The van der Waals surface area contributed by atoms with E-state index in [1.807, 2.05) is 13.0 Å². The summed E-state index contributed by atoms with van der Waals surface area (Å²) in [5, 5.41) is 10.6. The van der Waals surface area contributed by atoms with Crippen molar-refractivity contribution in [3.05, 3.63) is 22.6 Å². The molecule has 2 atom stereocenters. The Balaban J connectivity index is 2.39. The van der Waals surface area contributed by atoms with Gasteiger partial charge in [0.15, 0.2) is 5.76 Å². The van der Waals surface area contributed by atoms with Gasteiger partial charge in [0.25, 0.3) is 0 Å². The summed E-state index contributed by atoms with van der Waals surface area (Å²) in [4.78, 5) is 0. The number of thioether (sulfide) groups is 1. The van der Waals surface area contributed by atoms with E-state index in [9.17, 15) is 5.11 Å². The molecule has 1 aliphatic rings. The number of hydrogen-bond donors (Lipinski definition) is 1. The predicted octanol–water partition coefficient (Wildman–Crippen LogP) is 2.76. The second kappa shape index (κ2) is 3.33. The first-order valence-electron chi connectivity index (χ1n) is 4.22. The number of halogens is 1. The molecule has 2 rings (SSSR count). The third-order valence-electron chi connectivity index (χ3n) is 2.53. The summed E-state index contributed by atoms with van der Waals surface area (Å²) in [6.45, 7) is 2.03. The molecule has 2 unspecified atom stereocenters. The zero-order valence-corrected chi connectivity index (χ0v) is 9.69. The van der Waals surface area contributed by atoms with E-state index in [4.69, 9.17) is 4.42 Å². The van der Waals surface area contributed by atoms with Gasteiger partial charge in [-0.3, -0.25) is 0 Å². The van der Waals surface area contributed by atoms with Crippen LogP contribution < -0.4 is 0 Å². The van der Waals surface area contributed by atoms with E-state index in [0.29, 0.717) is 5.76 Å². The van der Waals surface area contributed by atoms with Crippen molar-refractivity contribution in [3.63, 3.8) is 0 Å². The van der Waals surface area contributed by atoms with Crippen molar-refractivity contribution in [2.45, 2.75) is 24.2 Å². The summed E-state index contributed by atoms with van der Waals surface area (Å²) >= 11 is 5.16. The Bertz CT molecular complexity index is 312.